The number of imide groups is 1. The van der Waals surface area contributed by atoms with Crippen LogP contribution in [0.3, 0.4) is 0 Å². The second-order valence-corrected chi connectivity index (χ2v) is 13.3. The van der Waals surface area contributed by atoms with Gasteiger partial charge in [0.05, 0.1) is 56.5 Å². The van der Waals surface area contributed by atoms with Crippen molar-refractivity contribution in [2.24, 2.45) is 11.8 Å². The zero-order valence-electron chi connectivity index (χ0n) is 27.7. The minimum atomic E-state index is -0.430. The molecule has 13 heteroatoms. The van der Waals surface area contributed by atoms with Gasteiger partial charge in [0.2, 0.25) is 11.8 Å². The molecule has 1 aromatic heterocycles. The van der Waals surface area contributed by atoms with Gasteiger partial charge >= 0.3 is 12.0 Å². The molecule has 0 spiro atoms. The number of thioether (sulfide) groups is 1. The number of ketones is 1. The van der Waals surface area contributed by atoms with E-state index in [-0.39, 0.29) is 66.7 Å². The van der Waals surface area contributed by atoms with Crippen LogP contribution in [0.2, 0.25) is 0 Å². The van der Waals surface area contributed by atoms with Crippen LogP contribution in [-0.4, -0.2) is 103 Å². The molecule has 0 bridgehead atoms. The van der Waals surface area contributed by atoms with Gasteiger partial charge < -0.3 is 19.5 Å². The van der Waals surface area contributed by atoms with Gasteiger partial charge in [0.1, 0.15) is 5.75 Å². The number of esters is 1. The maximum Gasteiger partial charge on any atom is 0.337 e. The first-order valence-electron chi connectivity index (χ1n) is 16.1. The largest absolute Gasteiger partial charge is 0.504 e. The van der Waals surface area contributed by atoms with Crippen LogP contribution in [0.1, 0.15) is 56.3 Å². The SMILES string of the molecule is CC[C@@H]1CN2CCc3c(n(C(=O)NCC(=O)CCCN4C(=O)CC(SC)C4=O)c4cccc(OC)c34)[C@@H]2C[C@@H]1/C(=C\OC)C(=O)OC. The number of hydrogen-bond acceptors (Lipinski definition) is 10. The first kappa shape index (κ1) is 34.5. The minimum Gasteiger partial charge on any atom is -0.504 e. The van der Waals surface area contributed by atoms with Gasteiger partial charge in [-0.1, -0.05) is 19.4 Å². The fourth-order valence-corrected chi connectivity index (χ4v) is 8.13. The molecule has 254 valence electrons. The molecule has 2 saturated heterocycles. The third-order valence-electron chi connectivity index (χ3n) is 9.79. The van der Waals surface area contributed by atoms with Crippen molar-refractivity contribution >= 4 is 52.3 Å². The molecule has 4 atom stereocenters. The number of rotatable bonds is 12. The maximum atomic E-state index is 14.0. The van der Waals surface area contributed by atoms with E-state index in [0.717, 1.165) is 36.2 Å². The molecule has 2 fully saturated rings. The third kappa shape index (κ3) is 6.64. The van der Waals surface area contributed by atoms with Crippen molar-refractivity contribution in [3.8, 4) is 5.75 Å². The summed E-state index contributed by atoms with van der Waals surface area (Å²) < 4.78 is 17.9. The number of piperidine rings is 1. The van der Waals surface area contributed by atoms with Gasteiger partial charge in [-0.05, 0) is 55.1 Å². The second kappa shape index (κ2) is 14.9. The summed E-state index contributed by atoms with van der Waals surface area (Å²) in [5, 5.41) is 3.34. The molecular formula is C34H44N4O8S. The van der Waals surface area contributed by atoms with Crippen molar-refractivity contribution < 1.29 is 38.2 Å². The van der Waals surface area contributed by atoms with Crippen molar-refractivity contribution in [3.05, 3.63) is 41.3 Å². The average Bonchev–Trinajstić information content (AvgIpc) is 3.58. The summed E-state index contributed by atoms with van der Waals surface area (Å²) in [6.45, 7) is 3.64. The first-order chi connectivity index (χ1) is 22.7. The standard InChI is InChI=1S/C34H44N4O8S/c1-6-20-18-36-14-12-22-30-25(10-7-11-27(30)45-3)38(31(22)26(36)15-23(20)24(19-44-2)33(42)46-4)34(43)35-17-21(39)9-8-13-37-29(40)16-28(47-5)32(37)41/h7,10-11,19-20,23,26,28H,6,8-9,12-18H2,1-5H3,(H,35,43)/b24-19+/t20-,23+,26+,28?/m1/s1. The van der Waals surface area contributed by atoms with E-state index in [9.17, 15) is 24.0 Å². The van der Waals surface area contributed by atoms with E-state index in [4.69, 9.17) is 14.2 Å². The molecule has 3 aliphatic heterocycles. The Bertz CT molecular complexity index is 1590. The van der Waals surface area contributed by atoms with Crippen LogP contribution in [0.15, 0.2) is 30.0 Å². The molecule has 2 aromatic rings. The summed E-state index contributed by atoms with van der Waals surface area (Å²) in [6, 6.07) is 4.99. The van der Waals surface area contributed by atoms with Crippen molar-refractivity contribution in [2.75, 3.05) is 53.8 Å². The molecule has 1 unspecified atom stereocenters. The zero-order valence-corrected chi connectivity index (χ0v) is 28.5. The number of nitrogens with zero attached hydrogens (tertiary/aromatic N) is 3. The van der Waals surface area contributed by atoms with E-state index in [1.165, 1.54) is 37.1 Å². The van der Waals surface area contributed by atoms with Crippen LogP contribution in [0.25, 0.3) is 10.9 Å². The Morgan fingerprint density at radius 3 is 2.60 bits per heavy atom. The highest BCUT2D eigenvalue weighted by atomic mass is 32.2. The number of aromatic nitrogens is 1. The normalized spacial score (nSPS) is 23.0. The molecule has 4 heterocycles. The van der Waals surface area contributed by atoms with Gasteiger partial charge in [-0.25, -0.2) is 9.59 Å². The van der Waals surface area contributed by atoms with Gasteiger partial charge in [-0.2, -0.15) is 11.8 Å². The van der Waals surface area contributed by atoms with E-state index >= 15 is 0 Å². The van der Waals surface area contributed by atoms with Crippen LogP contribution >= 0.6 is 11.8 Å². The fraction of sp³-hybridized carbons (Fsp3) is 0.559. The second-order valence-electron chi connectivity index (χ2n) is 12.2. The molecule has 47 heavy (non-hydrogen) atoms. The Hall–Kier alpha value is -3.84. The summed E-state index contributed by atoms with van der Waals surface area (Å²) in [5.41, 5.74) is 3.01. The summed E-state index contributed by atoms with van der Waals surface area (Å²) >= 11 is 1.36. The number of methoxy groups -OCH3 is 3. The summed E-state index contributed by atoms with van der Waals surface area (Å²) in [5.74, 6) is -0.347. The van der Waals surface area contributed by atoms with Crippen LogP contribution in [-0.2, 0) is 35.1 Å². The molecular weight excluding hydrogens is 624 g/mol. The maximum absolute atomic E-state index is 14.0. The predicted octanol–water partition coefficient (Wildman–Crippen LogP) is 3.70. The first-order valence-corrected chi connectivity index (χ1v) is 17.4. The van der Waals surface area contributed by atoms with Gasteiger partial charge in [-0.3, -0.25) is 28.8 Å². The Morgan fingerprint density at radius 1 is 1.15 bits per heavy atom. The summed E-state index contributed by atoms with van der Waals surface area (Å²) in [6.07, 6.45) is 6.07. The highest BCUT2D eigenvalue weighted by molar-refractivity contribution is 8.00. The van der Waals surface area contributed by atoms with Crippen LogP contribution in [0.5, 0.6) is 5.75 Å². The summed E-state index contributed by atoms with van der Waals surface area (Å²) in [7, 11) is 4.49. The minimum absolute atomic E-state index is 0.123. The zero-order chi connectivity index (χ0) is 33.8. The third-order valence-corrected chi connectivity index (χ3v) is 10.7. The lowest BCUT2D eigenvalue weighted by Gasteiger charge is -2.47. The van der Waals surface area contributed by atoms with Crippen molar-refractivity contribution in [1.29, 1.82) is 0 Å². The molecule has 3 amide bonds. The Kier molecular flexibility index (Phi) is 11.0. The van der Waals surface area contributed by atoms with E-state index in [2.05, 4.69) is 17.1 Å². The molecule has 1 aromatic carbocycles. The topological polar surface area (TPSA) is 136 Å². The van der Waals surface area contributed by atoms with Gasteiger partial charge in [0.15, 0.2) is 5.78 Å². The van der Waals surface area contributed by atoms with E-state index < -0.39 is 12.0 Å². The van der Waals surface area contributed by atoms with Crippen molar-refractivity contribution in [3.63, 3.8) is 0 Å². The average molecular weight is 669 g/mol. The molecule has 0 radical (unpaired) electrons. The summed E-state index contributed by atoms with van der Waals surface area (Å²) in [4.78, 5) is 68.1. The number of fused-ring (bicyclic) bond motifs is 5. The van der Waals surface area contributed by atoms with E-state index in [0.29, 0.717) is 36.1 Å². The lowest BCUT2D eigenvalue weighted by molar-refractivity contribution is -0.139. The number of carbonyl (C=O) groups is 5. The van der Waals surface area contributed by atoms with Gasteiger partial charge in [0, 0.05) is 43.6 Å². The lowest BCUT2D eigenvalue weighted by atomic mass is 9.74. The van der Waals surface area contributed by atoms with E-state index in [1.54, 1.807) is 17.9 Å². The highest BCUT2D eigenvalue weighted by Crippen LogP contribution is 2.48. The highest BCUT2D eigenvalue weighted by Gasteiger charge is 2.44. The molecule has 0 saturated carbocycles. The van der Waals surface area contributed by atoms with E-state index in [1.807, 2.05) is 18.2 Å². The Labute approximate surface area is 279 Å². The molecule has 12 nitrogen and oxygen atoms in total. The van der Waals surface area contributed by atoms with Crippen LogP contribution in [0.4, 0.5) is 4.79 Å². The van der Waals surface area contributed by atoms with Crippen LogP contribution in [0, 0.1) is 11.8 Å². The molecule has 3 aliphatic rings. The Morgan fingerprint density at radius 2 is 1.94 bits per heavy atom. The fourth-order valence-electron chi connectivity index (χ4n) is 7.49. The number of likely N-dealkylation sites (tertiary alicyclic amines) is 1. The number of amides is 3. The molecule has 5 rings (SSSR count). The number of nitrogens with one attached hydrogen (secondary N) is 1. The number of ether oxygens (including phenoxy) is 3. The number of carbonyl (C=O) groups excluding carboxylic acids is 5. The number of benzene rings is 1. The molecule has 0 aliphatic carbocycles. The smallest absolute Gasteiger partial charge is 0.337 e. The van der Waals surface area contributed by atoms with Gasteiger partial charge in [0.25, 0.3) is 0 Å². The van der Waals surface area contributed by atoms with Crippen molar-refractivity contribution in [1.82, 2.24) is 19.7 Å². The Balaban J connectivity index is 1.40. The van der Waals surface area contributed by atoms with Gasteiger partial charge in [-0.15, -0.1) is 0 Å². The van der Waals surface area contributed by atoms with Crippen LogP contribution < -0.4 is 10.1 Å². The van der Waals surface area contributed by atoms with Crippen molar-refractivity contribution in [2.45, 2.75) is 56.7 Å². The monoisotopic (exact) mass is 668 g/mol. The lowest BCUT2D eigenvalue weighted by Crippen LogP contribution is -2.48. The molecule has 1 N–H and O–H groups in total. The quantitative estimate of drug-likeness (QED) is 0.154. The number of Topliss-reactive ketones (excluding diaryl/α,β-unsaturated/α-hetero) is 1. The number of hydrogen-bond donors (Lipinski definition) is 1. The predicted molar refractivity (Wildman–Crippen MR) is 177 cm³/mol.